The van der Waals surface area contributed by atoms with E-state index in [4.69, 9.17) is 4.74 Å². The number of para-hydroxylation sites is 1. The Hall–Kier alpha value is -2.63. The van der Waals surface area contributed by atoms with Gasteiger partial charge in [-0.25, -0.2) is 8.78 Å². The van der Waals surface area contributed by atoms with Crippen LogP contribution in [-0.2, 0) is 17.8 Å². The predicted molar refractivity (Wildman–Crippen MR) is 84.0 cm³/mol. The van der Waals surface area contributed by atoms with Gasteiger partial charge < -0.3 is 15.2 Å². The molecule has 1 amide bonds. The molecule has 24 heavy (non-hydrogen) atoms. The van der Waals surface area contributed by atoms with Crippen LogP contribution in [0.4, 0.5) is 8.78 Å². The molecule has 2 N–H and O–H groups in total. The van der Waals surface area contributed by atoms with Crippen LogP contribution in [0.15, 0.2) is 48.5 Å². The quantitative estimate of drug-likeness (QED) is 0.904. The second-order valence-electron chi connectivity index (χ2n) is 5.72. The van der Waals surface area contributed by atoms with Gasteiger partial charge in [0.25, 0.3) is 6.43 Å². The van der Waals surface area contributed by atoms with E-state index in [1.165, 1.54) is 12.1 Å². The highest BCUT2D eigenvalue weighted by molar-refractivity contribution is 5.80. The summed E-state index contributed by atoms with van der Waals surface area (Å²) in [6.07, 6.45) is -3.99. The summed E-state index contributed by atoms with van der Waals surface area (Å²) in [5, 5.41) is 11.9. The fourth-order valence-corrected chi connectivity index (χ4v) is 2.77. The van der Waals surface area contributed by atoms with E-state index in [2.05, 4.69) is 5.32 Å². The minimum Gasteiger partial charge on any atom is -0.508 e. The van der Waals surface area contributed by atoms with Crippen molar-refractivity contribution in [2.75, 3.05) is 0 Å². The fraction of sp³-hybridized carbons (Fsp3) is 0.278. The van der Waals surface area contributed by atoms with Crippen molar-refractivity contribution in [1.29, 1.82) is 0 Å². The predicted octanol–water partition coefficient (Wildman–Crippen LogP) is 2.89. The number of hydrogen-bond acceptors (Lipinski definition) is 3. The van der Waals surface area contributed by atoms with Crippen molar-refractivity contribution >= 4 is 5.91 Å². The summed E-state index contributed by atoms with van der Waals surface area (Å²) in [7, 11) is 0. The van der Waals surface area contributed by atoms with Gasteiger partial charge in [-0.15, -0.1) is 0 Å². The molecular weight excluding hydrogens is 316 g/mol. The van der Waals surface area contributed by atoms with Crippen LogP contribution in [-0.4, -0.2) is 23.5 Å². The molecule has 0 unspecified atom stereocenters. The third-order valence-electron chi connectivity index (χ3n) is 4.06. The van der Waals surface area contributed by atoms with Crippen LogP contribution in [0, 0.1) is 5.92 Å². The van der Waals surface area contributed by atoms with Gasteiger partial charge in [0.1, 0.15) is 11.5 Å². The maximum Gasteiger partial charge on any atom is 0.275 e. The number of alkyl halides is 2. The molecule has 0 fully saturated rings. The highest BCUT2D eigenvalue weighted by atomic mass is 19.3. The zero-order valence-electron chi connectivity index (χ0n) is 12.8. The first kappa shape index (κ1) is 16.2. The molecule has 3 rings (SSSR count). The zero-order chi connectivity index (χ0) is 17.1. The molecule has 0 aromatic heterocycles. The molecule has 1 aliphatic rings. The van der Waals surface area contributed by atoms with Crippen molar-refractivity contribution < 1.29 is 23.4 Å². The summed E-state index contributed by atoms with van der Waals surface area (Å²) in [4.78, 5) is 12.4. The number of aromatic hydroxyl groups is 1. The number of carbonyl (C=O) groups excluding carboxylic acids is 1. The lowest BCUT2D eigenvalue weighted by Gasteiger charge is -2.32. The Labute approximate surface area is 138 Å². The second-order valence-corrected chi connectivity index (χ2v) is 5.72. The molecule has 0 bridgehead atoms. The van der Waals surface area contributed by atoms with Gasteiger partial charge in [-0.3, -0.25) is 4.79 Å². The zero-order valence-corrected chi connectivity index (χ0v) is 12.8. The van der Waals surface area contributed by atoms with Crippen LogP contribution in [0.25, 0.3) is 0 Å². The van der Waals surface area contributed by atoms with Crippen molar-refractivity contribution in [3.63, 3.8) is 0 Å². The standard InChI is InChI=1S/C18H17F2NO3/c19-17(20)16-14(9-12-3-1-2-4-15(12)24-16)18(23)21-10-11-5-7-13(22)8-6-11/h1-8,14,16-17,22H,9-10H2,(H,21,23)/t14-,16-/m1/s1. The van der Waals surface area contributed by atoms with Gasteiger partial charge in [-0.05, 0) is 35.7 Å². The van der Waals surface area contributed by atoms with E-state index in [9.17, 15) is 18.7 Å². The van der Waals surface area contributed by atoms with E-state index in [1.807, 2.05) is 0 Å². The summed E-state index contributed by atoms with van der Waals surface area (Å²) in [5.74, 6) is -0.884. The maximum atomic E-state index is 13.3. The molecule has 0 saturated heterocycles. The molecule has 126 valence electrons. The Morgan fingerprint density at radius 3 is 2.62 bits per heavy atom. The number of benzene rings is 2. The van der Waals surface area contributed by atoms with E-state index < -0.39 is 24.4 Å². The monoisotopic (exact) mass is 333 g/mol. The number of carbonyl (C=O) groups is 1. The van der Waals surface area contributed by atoms with Crippen LogP contribution in [0.3, 0.4) is 0 Å². The van der Waals surface area contributed by atoms with Gasteiger partial charge in [-0.2, -0.15) is 0 Å². The molecule has 4 nitrogen and oxygen atoms in total. The van der Waals surface area contributed by atoms with Crippen molar-refractivity contribution in [1.82, 2.24) is 5.32 Å². The summed E-state index contributed by atoms with van der Waals surface area (Å²) in [6, 6.07) is 13.2. The van der Waals surface area contributed by atoms with E-state index in [0.29, 0.717) is 5.75 Å². The summed E-state index contributed by atoms with van der Waals surface area (Å²) in [6.45, 7) is 0.202. The second kappa shape index (κ2) is 6.86. The highest BCUT2D eigenvalue weighted by Gasteiger charge is 2.40. The van der Waals surface area contributed by atoms with Gasteiger partial charge in [0, 0.05) is 6.54 Å². The highest BCUT2D eigenvalue weighted by Crippen LogP contribution is 2.33. The van der Waals surface area contributed by atoms with E-state index in [-0.39, 0.29) is 18.7 Å². The Morgan fingerprint density at radius 1 is 1.21 bits per heavy atom. The lowest BCUT2D eigenvalue weighted by Crippen LogP contribution is -2.47. The van der Waals surface area contributed by atoms with Gasteiger partial charge in [-0.1, -0.05) is 30.3 Å². The van der Waals surface area contributed by atoms with E-state index >= 15 is 0 Å². The smallest absolute Gasteiger partial charge is 0.275 e. The van der Waals surface area contributed by atoms with Crippen molar-refractivity contribution in [2.45, 2.75) is 25.5 Å². The molecule has 1 heterocycles. The molecule has 6 heteroatoms. The van der Waals surface area contributed by atoms with Crippen LogP contribution in [0.1, 0.15) is 11.1 Å². The SMILES string of the molecule is O=C(NCc1ccc(O)cc1)[C@@H]1Cc2ccccc2O[C@H]1C(F)F. The first-order valence-corrected chi connectivity index (χ1v) is 7.63. The van der Waals surface area contributed by atoms with Crippen LogP contribution < -0.4 is 10.1 Å². The van der Waals surface area contributed by atoms with Crippen LogP contribution in [0.5, 0.6) is 11.5 Å². The topological polar surface area (TPSA) is 58.6 Å². The minimum atomic E-state index is -2.75. The van der Waals surface area contributed by atoms with E-state index in [1.54, 1.807) is 36.4 Å². The van der Waals surface area contributed by atoms with Crippen molar-refractivity contribution in [3.8, 4) is 11.5 Å². The third-order valence-corrected chi connectivity index (χ3v) is 4.06. The van der Waals surface area contributed by atoms with Gasteiger partial charge >= 0.3 is 0 Å². The van der Waals surface area contributed by atoms with E-state index in [0.717, 1.165) is 11.1 Å². The number of hydrogen-bond donors (Lipinski definition) is 2. The molecule has 0 spiro atoms. The van der Waals surface area contributed by atoms with Gasteiger partial charge in [0.2, 0.25) is 5.91 Å². The van der Waals surface area contributed by atoms with Crippen molar-refractivity contribution in [2.24, 2.45) is 5.92 Å². The summed E-state index contributed by atoms with van der Waals surface area (Å²) >= 11 is 0. The lowest BCUT2D eigenvalue weighted by atomic mass is 9.90. The Morgan fingerprint density at radius 2 is 1.92 bits per heavy atom. The van der Waals surface area contributed by atoms with Gasteiger partial charge in [0.15, 0.2) is 6.10 Å². The summed E-state index contributed by atoms with van der Waals surface area (Å²) in [5.41, 5.74) is 1.52. The largest absolute Gasteiger partial charge is 0.508 e. The number of rotatable bonds is 4. The lowest BCUT2D eigenvalue weighted by molar-refractivity contribution is -0.133. The molecule has 2 atom stereocenters. The van der Waals surface area contributed by atoms with Crippen molar-refractivity contribution in [3.05, 3.63) is 59.7 Å². The van der Waals surface area contributed by atoms with Crippen LogP contribution >= 0.6 is 0 Å². The number of fused-ring (bicyclic) bond motifs is 1. The number of phenolic OH excluding ortho intramolecular Hbond substituents is 1. The third kappa shape index (κ3) is 3.48. The Balaban J connectivity index is 1.71. The summed E-state index contributed by atoms with van der Waals surface area (Å²) < 4.78 is 32.0. The first-order chi connectivity index (χ1) is 11.5. The molecule has 0 saturated carbocycles. The number of halogens is 2. The molecular formula is C18H17F2NO3. The Kier molecular flexibility index (Phi) is 4.64. The Bertz CT molecular complexity index is 718. The molecule has 0 aliphatic carbocycles. The fourth-order valence-electron chi connectivity index (χ4n) is 2.77. The number of phenols is 1. The number of ether oxygens (including phenoxy) is 1. The molecule has 2 aromatic rings. The number of amides is 1. The average molecular weight is 333 g/mol. The normalized spacial score (nSPS) is 19.5. The van der Waals surface area contributed by atoms with Crippen LogP contribution in [0.2, 0.25) is 0 Å². The van der Waals surface area contributed by atoms with Gasteiger partial charge in [0.05, 0.1) is 5.92 Å². The molecule has 1 aliphatic heterocycles. The molecule has 2 aromatic carbocycles. The number of nitrogens with one attached hydrogen (secondary N) is 1. The first-order valence-electron chi connectivity index (χ1n) is 7.63. The minimum absolute atomic E-state index is 0.125. The molecule has 0 radical (unpaired) electrons. The maximum absolute atomic E-state index is 13.3. The average Bonchev–Trinajstić information content (AvgIpc) is 2.59.